The lowest BCUT2D eigenvalue weighted by Crippen LogP contribution is -2.50. The predicted molar refractivity (Wildman–Crippen MR) is 186 cm³/mol. The summed E-state index contributed by atoms with van der Waals surface area (Å²) in [6.45, 7) is 6.37. The molecule has 9 nitrogen and oxygen atoms in total. The first-order valence-electron chi connectivity index (χ1n) is 16.1. The highest BCUT2D eigenvalue weighted by Crippen LogP contribution is 2.31. The van der Waals surface area contributed by atoms with Gasteiger partial charge in [0.1, 0.15) is 23.8 Å². The number of benzene rings is 2. The second-order valence-electron chi connectivity index (χ2n) is 12.3. The summed E-state index contributed by atoms with van der Waals surface area (Å²) in [4.78, 5) is 32.0. The van der Waals surface area contributed by atoms with E-state index in [1.165, 1.54) is 15.8 Å². The van der Waals surface area contributed by atoms with E-state index in [1.807, 2.05) is 44.2 Å². The maximum absolute atomic E-state index is 13.3. The number of thiophene rings is 1. The molecule has 6 rings (SSSR count). The Hall–Kier alpha value is -4.51. The largest absolute Gasteiger partial charge is 0.488 e. The molecule has 1 aliphatic carbocycles. The highest BCUT2D eigenvalue weighted by atomic mass is 32.1. The summed E-state index contributed by atoms with van der Waals surface area (Å²) in [5.74, 6) is 0.703. The molecule has 5 N–H and O–H groups in total. The van der Waals surface area contributed by atoms with E-state index in [2.05, 4.69) is 51.3 Å². The molecule has 47 heavy (non-hydrogen) atoms. The van der Waals surface area contributed by atoms with Crippen LogP contribution in [0.15, 0.2) is 79.0 Å². The molecule has 3 atom stereocenters. The number of esters is 1. The van der Waals surface area contributed by atoms with Crippen LogP contribution in [-0.4, -0.2) is 48.2 Å². The number of ether oxygens (including phenoxy) is 2. The van der Waals surface area contributed by atoms with Gasteiger partial charge in [-0.15, -0.1) is 11.3 Å². The predicted octanol–water partition coefficient (Wildman–Crippen LogP) is 5.81. The molecule has 1 saturated carbocycles. The number of carbonyl (C=O) groups is 2. The molecule has 4 aromatic rings. The topological polar surface area (TPSA) is 128 Å². The standard InChI is InChI=1S/C37H41N5O4S/c1-23-6-10-30(45-31-20-39-21-31)18-33(23)37(44)42-24(2)26-4-3-5-27(16-26)34-13-12-32(47-34)22-40-28-9-11-29(17-28)46-36(43)15-8-25-7-14-35(38)41-19-25/h3-8,10,12-16,18-19,24,28-29,31,39-40H,9,11,17,20-22H2,1-2H3,(H2,38,41)(H,42,44)/b15-8+/t24-,28+,29-/m1/s1. The minimum Gasteiger partial charge on any atom is -0.488 e. The van der Waals surface area contributed by atoms with Gasteiger partial charge in [-0.05, 0) is 104 Å². The Bertz CT molecular complexity index is 1730. The maximum Gasteiger partial charge on any atom is 0.331 e. The summed E-state index contributed by atoms with van der Waals surface area (Å²) < 4.78 is 11.6. The van der Waals surface area contributed by atoms with E-state index >= 15 is 0 Å². The summed E-state index contributed by atoms with van der Waals surface area (Å²) in [7, 11) is 0. The number of nitrogens with one attached hydrogen (secondary N) is 3. The average molecular weight is 652 g/mol. The number of pyridine rings is 1. The van der Waals surface area contributed by atoms with E-state index in [4.69, 9.17) is 15.2 Å². The minimum atomic E-state index is -0.345. The van der Waals surface area contributed by atoms with Crippen LogP contribution < -0.4 is 26.4 Å². The Labute approximate surface area is 279 Å². The van der Waals surface area contributed by atoms with Gasteiger partial charge in [-0.2, -0.15) is 0 Å². The Morgan fingerprint density at radius 2 is 1.96 bits per heavy atom. The van der Waals surface area contributed by atoms with Crippen molar-refractivity contribution in [3.63, 3.8) is 0 Å². The molecule has 2 aromatic carbocycles. The van der Waals surface area contributed by atoms with E-state index in [1.54, 1.807) is 29.7 Å². The first kappa shape index (κ1) is 32.4. The molecule has 2 fully saturated rings. The first-order chi connectivity index (χ1) is 22.8. The molecule has 0 radical (unpaired) electrons. The van der Waals surface area contributed by atoms with Gasteiger partial charge in [0.15, 0.2) is 0 Å². The number of anilines is 1. The van der Waals surface area contributed by atoms with Gasteiger partial charge >= 0.3 is 5.97 Å². The summed E-state index contributed by atoms with van der Waals surface area (Å²) in [5.41, 5.74) is 10.1. The lowest BCUT2D eigenvalue weighted by Gasteiger charge is -2.28. The summed E-state index contributed by atoms with van der Waals surface area (Å²) in [6, 6.07) is 22.0. The van der Waals surface area contributed by atoms with Crippen molar-refractivity contribution in [2.75, 3.05) is 18.8 Å². The fourth-order valence-corrected chi connectivity index (χ4v) is 6.72. The number of nitrogen functional groups attached to an aromatic ring is 1. The normalized spacial score (nSPS) is 18.5. The molecule has 1 amide bonds. The van der Waals surface area contributed by atoms with Gasteiger partial charge in [-0.3, -0.25) is 4.79 Å². The third-order valence-corrected chi connectivity index (χ3v) is 9.77. The molecule has 3 heterocycles. The van der Waals surface area contributed by atoms with Gasteiger partial charge in [0.2, 0.25) is 0 Å². The van der Waals surface area contributed by atoms with E-state index in [9.17, 15) is 9.59 Å². The molecule has 244 valence electrons. The van der Waals surface area contributed by atoms with Gasteiger partial charge in [-0.1, -0.05) is 24.3 Å². The molecule has 1 aliphatic heterocycles. The number of amides is 1. The molecule has 0 unspecified atom stereocenters. The smallest absolute Gasteiger partial charge is 0.331 e. The van der Waals surface area contributed by atoms with E-state index in [-0.39, 0.29) is 30.1 Å². The van der Waals surface area contributed by atoms with E-state index < -0.39 is 0 Å². The molecule has 2 aromatic heterocycles. The van der Waals surface area contributed by atoms with Crippen LogP contribution in [0.2, 0.25) is 0 Å². The van der Waals surface area contributed by atoms with Crippen LogP contribution in [0.3, 0.4) is 0 Å². The summed E-state index contributed by atoms with van der Waals surface area (Å²) in [5, 5.41) is 10.0. The van der Waals surface area contributed by atoms with Crippen molar-refractivity contribution in [3.8, 4) is 16.2 Å². The zero-order valence-electron chi connectivity index (χ0n) is 26.7. The minimum absolute atomic E-state index is 0.0932. The highest BCUT2D eigenvalue weighted by molar-refractivity contribution is 7.15. The quantitative estimate of drug-likeness (QED) is 0.112. The molecule has 10 heteroatoms. The zero-order valence-corrected chi connectivity index (χ0v) is 27.5. The Morgan fingerprint density at radius 3 is 2.74 bits per heavy atom. The monoisotopic (exact) mass is 651 g/mol. The average Bonchev–Trinajstić information content (AvgIpc) is 3.72. The van der Waals surface area contributed by atoms with Gasteiger partial charge in [-0.25, -0.2) is 9.78 Å². The number of aryl methyl sites for hydroxylation is 1. The fraction of sp³-hybridized carbons (Fsp3) is 0.324. The number of hydrogen-bond donors (Lipinski definition) is 4. The lowest BCUT2D eigenvalue weighted by atomic mass is 10.0. The number of nitrogens with zero attached hydrogens (tertiary/aromatic N) is 1. The zero-order chi connectivity index (χ0) is 32.8. The maximum atomic E-state index is 13.3. The van der Waals surface area contributed by atoms with Crippen molar-refractivity contribution >= 4 is 35.1 Å². The van der Waals surface area contributed by atoms with Crippen LogP contribution in [0.5, 0.6) is 5.75 Å². The van der Waals surface area contributed by atoms with Gasteiger partial charge in [0, 0.05) is 53.3 Å². The van der Waals surface area contributed by atoms with Crippen molar-refractivity contribution in [1.82, 2.24) is 20.9 Å². The SMILES string of the molecule is Cc1ccc(OC2CNC2)cc1C(=O)N[C@H](C)c1cccc(-c2ccc(CN[C@H]3CC[C@@H](OC(=O)/C=C/c4ccc(N)nc4)C3)s2)c1. The summed E-state index contributed by atoms with van der Waals surface area (Å²) >= 11 is 1.76. The van der Waals surface area contributed by atoms with Crippen molar-refractivity contribution in [3.05, 3.63) is 106 Å². The molecule has 0 spiro atoms. The number of carbonyl (C=O) groups excluding carboxylic acids is 2. The second kappa shape index (κ2) is 14.9. The highest BCUT2D eigenvalue weighted by Gasteiger charge is 2.27. The fourth-order valence-electron chi connectivity index (χ4n) is 5.76. The third kappa shape index (κ3) is 8.65. The number of rotatable bonds is 12. The molecule has 2 aliphatic rings. The van der Waals surface area contributed by atoms with E-state index in [0.717, 1.165) is 66.9 Å². The Kier molecular flexibility index (Phi) is 10.3. The van der Waals surface area contributed by atoms with Crippen LogP contribution in [0.1, 0.15) is 64.2 Å². The van der Waals surface area contributed by atoms with Crippen LogP contribution in [0, 0.1) is 6.92 Å². The van der Waals surface area contributed by atoms with E-state index in [0.29, 0.717) is 17.4 Å². The molecular formula is C37H41N5O4S. The number of nitrogens with two attached hydrogens (primary N) is 1. The van der Waals surface area contributed by atoms with Crippen molar-refractivity contribution in [1.29, 1.82) is 0 Å². The molecule has 0 bridgehead atoms. The van der Waals surface area contributed by atoms with Crippen LogP contribution in [-0.2, 0) is 16.1 Å². The molecular weight excluding hydrogens is 611 g/mol. The third-order valence-electron chi connectivity index (χ3n) is 8.63. The first-order valence-corrected chi connectivity index (χ1v) is 16.9. The van der Waals surface area contributed by atoms with Crippen LogP contribution in [0.25, 0.3) is 16.5 Å². The van der Waals surface area contributed by atoms with Crippen molar-refractivity contribution in [2.24, 2.45) is 0 Å². The lowest BCUT2D eigenvalue weighted by molar-refractivity contribution is -0.142. The van der Waals surface area contributed by atoms with Crippen LogP contribution in [0.4, 0.5) is 5.82 Å². The van der Waals surface area contributed by atoms with Crippen molar-refractivity contribution < 1.29 is 19.1 Å². The van der Waals surface area contributed by atoms with Gasteiger partial charge in [0.05, 0.1) is 6.04 Å². The van der Waals surface area contributed by atoms with Gasteiger partial charge in [0.25, 0.3) is 5.91 Å². The Balaban J connectivity index is 0.984. The second-order valence-corrected chi connectivity index (χ2v) is 13.4. The number of hydrogen-bond acceptors (Lipinski definition) is 9. The molecule has 1 saturated heterocycles. The van der Waals surface area contributed by atoms with Crippen molar-refractivity contribution in [2.45, 2.75) is 63.9 Å². The van der Waals surface area contributed by atoms with Crippen LogP contribution >= 0.6 is 11.3 Å². The number of aromatic nitrogens is 1. The Morgan fingerprint density at radius 1 is 1.09 bits per heavy atom. The summed E-state index contributed by atoms with van der Waals surface area (Å²) in [6.07, 6.45) is 7.40. The van der Waals surface area contributed by atoms with Gasteiger partial charge < -0.3 is 31.2 Å².